The molecule has 2 aliphatic rings. The van der Waals surface area contributed by atoms with Crippen LogP contribution in [0.1, 0.15) is 70.5 Å². The van der Waals surface area contributed by atoms with Crippen LogP contribution in [0, 0.1) is 5.82 Å². The fourth-order valence-corrected chi connectivity index (χ4v) is 6.36. The Balaban J connectivity index is 1.72. The van der Waals surface area contributed by atoms with E-state index in [0.717, 1.165) is 50.5 Å². The molecule has 0 bridgehead atoms. The van der Waals surface area contributed by atoms with Crippen LogP contribution in [0.3, 0.4) is 0 Å². The first-order valence-electron chi connectivity index (χ1n) is 11.5. The lowest BCUT2D eigenvalue weighted by Gasteiger charge is -2.23. The van der Waals surface area contributed by atoms with Crippen molar-refractivity contribution in [2.75, 3.05) is 12.9 Å². The third-order valence-electron chi connectivity index (χ3n) is 5.94. The topological polar surface area (TPSA) is 105 Å². The summed E-state index contributed by atoms with van der Waals surface area (Å²) in [6.07, 6.45) is 7.64. The second-order valence-corrected chi connectivity index (χ2v) is 11.0. The lowest BCUT2D eigenvalue weighted by atomic mass is 10.0. The molecule has 1 heterocycles. The molecular weight excluding hydrogens is 445 g/mol. The quantitative estimate of drug-likeness (QED) is 0.503. The molecule has 1 saturated carbocycles. The molecule has 1 aliphatic carbocycles. The fraction of sp³-hybridized carbons (Fsp3) is 0.609. The van der Waals surface area contributed by atoms with E-state index < -0.39 is 21.8 Å². The molecule has 8 nitrogen and oxygen atoms in total. The molecule has 1 aromatic rings. The van der Waals surface area contributed by atoms with Crippen molar-refractivity contribution in [1.82, 2.24) is 10.7 Å². The Morgan fingerprint density at radius 1 is 1.33 bits per heavy atom. The number of ether oxygens (including phenoxy) is 1. The van der Waals surface area contributed by atoms with Gasteiger partial charge in [0.2, 0.25) is 5.96 Å². The number of nitrogens with zero attached hydrogens (tertiary/aromatic N) is 3. The van der Waals surface area contributed by atoms with Gasteiger partial charge in [-0.05, 0) is 38.3 Å². The van der Waals surface area contributed by atoms with Gasteiger partial charge in [0, 0.05) is 17.7 Å². The van der Waals surface area contributed by atoms with Gasteiger partial charge in [0.1, 0.15) is 11.6 Å². The second-order valence-electron chi connectivity index (χ2n) is 8.68. The van der Waals surface area contributed by atoms with E-state index in [1.807, 2.05) is 13.0 Å². The van der Waals surface area contributed by atoms with Gasteiger partial charge in [-0.3, -0.25) is 0 Å². The zero-order chi connectivity index (χ0) is 23.8. The van der Waals surface area contributed by atoms with Crippen LogP contribution in [0.5, 0.6) is 5.75 Å². The van der Waals surface area contributed by atoms with Crippen LogP contribution in [0.25, 0.3) is 0 Å². The van der Waals surface area contributed by atoms with Crippen LogP contribution in [-0.2, 0) is 9.84 Å². The van der Waals surface area contributed by atoms with Crippen molar-refractivity contribution in [1.29, 1.82) is 0 Å². The maximum absolute atomic E-state index is 13.5. The van der Waals surface area contributed by atoms with Crippen molar-refractivity contribution in [2.24, 2.45) is 15.3 Å². The summed E-state index contributed by atoms with van der Waals surface area (Å²) in [4.78, 5) is 4.55. The van der Waals surface area contributed by atoms with E-state index in [0.29, 0.717) is 17.3 Å². The Kier molecular flexibility index (Phi) is 8.82. The summed E-state index contributed by atoms with van der Waals surface area (Å²) in [6, 6.07) is 4.07. The number of nitrogens with one attached hydrogen (secondary N) is 2. The first-order chi connectivity index (χ1) is 15.8. The van der Waals surface area contributed by atoms with Crippen LogP contribution in [-0.4, -0.2) is 38.5 Å². The first-order valence-corrected chi connectivity index (χ1v) is 13.3. The molecule has 1 aromatic carbocycles. The largest absolute Gasteiger partial charge is 0.496 e. The second kappa shape index (κ2) is 11.6. The highest BCUT2D eigenvalue weighted by molar-refractivity contribution is 7.92. The third kappa shape index (κ3) is 6.99. The van der Waals surface area contributed by atoms with Gasteiger partial charge in [-0.1, -0.05) is 49.5 Å². The number of halogens is 1. The molecule has 0 spiro atoms. The number of rotatable bonds is 9. The van der Waals surface area contributed by atoms with Gasteiger partial charge in [-0.15, -0.1) is 5.11 Å². The molecule has 2 atom stereocenters. The first kappa shape index (κ1) is 25.1. The highest BCUT2D eigenvalue weighted by Gasteiger charge is 2.27. The third-order valence-corrected chi connectivity index (χ3v) is 8.29. The van der Waals surface area contributed by atoms with Crippen molar-refractivity contribution < 1.29 is 17.5 Å². The van der Waals surface area contributed by atoms with Crippen molar-refractivity contribution in [3.63, 3.8) is 0 Å². The van der Waals surface area contributed by atoms with Gasteiger partial charge in [0.25, 0.3) is 0 Å². The minimum Gasteiger partial charge on any atom is -0.496 e. The number of benzene rings is 1. The SMILES string of the molecule is CCCC(/C=C(\C)CS(=O)(=O)C1CCCCC1)NC1=NC(c2ccc(F)cc2OC)N=NN1. The van der Waals surface area contributed by atoms with E-state index in [1.165, 1.54) is 19.2 Å². The van der Waals surface area contributed by atoms with Crippen LogP contribution in [0.2, 0.25) is 0 Å². The Hall–Kier alpha value is -2.49. The summed E-state index contributed by atoms with van der Waals surface area (Å²) < 4.78 is 44.5. The minimum atomic E-state index is -3.15. The van der Waals surface area contributed by atoms with E-state index in [1.54, 1.807) is 6.07 Å². The van der Waals surface area contributed by atoms with Gasteiger partial charge in [-0.2, -0.15) is 0 Å². The van der Waals surface area contributed by atoms with Gasteiger partial charge in [0.05, 0.1) is 18.1 Å². The molecule has 0 radical (unpaired) electrons. The number of guanidine groups is 1. The van der Waals surface area contributed by atoms with Crippen molar-refractivity contribution >= 4 is 15.8 Å². The summed E-state index contributed by atoms with van der Waals surface area (Å²) in [5, 5.41) is 11.1. The Bertz CT molecular complexity index is 1000. The highest BCUT2D eigenvalue weighted by Crippen LogP contribution is 2.30. The summed E-state index contributed by atoms with van der Waals surface area (Å²) in [7, 11) is -1.69. The number of sulfone groups is 1. The van der Waals surface area contributed by atoms with Gasteiger partial charge in [0.15, 0.2) is 16.0 Å². The van der Waals surface area contributed by atoms with E-state index in [9.17, 15) is 12.8 Å². The standard InChI is InChI=1S/C23H34FN5O3S/c1-4-8-18(13-16(2)15-33(30,31)19-9-6-5-7-10-19)25-23-26-22(27-29-28-23)20-12-11-17(24)14-21(20)32-3/h11-14,18-19,22H,4-10,15H2,1-3H3,(H2,25,26,27,28)/b16-13+. The predicted octanol–water partition coefficient (Wildman–Crippen LogP) is 4.61. The Morgan fingerprint density at radius 3 is 2.79 bits per heavy atom. The average Bonchev–Trinajstić information content (AvgIpc) is 2.79. The normalized spacial score (nSPS) is 20.7. The van der Waals surface area contributed by atoms with Crippen molar-refractivity contribution in [3.05, 3.63) is 41.2 Å². The molecule has 1 aliphatic heterocycles. The number of aliphatic imine (C=N–C) groups is 1. The van der Waals surface area contributed by atoms with Gasteiger partial charge >= 0.3 is 0 Å². The minimum absolute atomic E-state index is 0.0780. The lowest BCUT2D eigenvalue weighted by Crippen LogP contribution is -2.42. The number of hydrogen-bond donors (Lipinski definition) is 2. The van der Waals surface area contributed by atoms with Gasteiger partial charge < -0.3 is 10.1 Å². The molecule has 182 valence electrons. The maximum Gasteiger partial charge on any atom is 0.216 e. The molecular formula is C23H34FN5O3S. The molecule has 0 saturated heterocycles. The van der Waals surface area contributed by atoms with E-state index in [2.05, 4.69) is 33.0 Å². The number of hydrogen-bond acceptors (Lipinski definition) is 8. The monoisotopic (exact) mass is 479 g/mol. The van der Waals surface area contributed by atoms with Crippen LogP contribution >= 0.6 is 0 Å². The van der Waals surface area contributed by atoms with Crippen LogP contribution in [0.15, 0.2) is 45.2 Å². The molecule has 33 heavy (non-hydrogen) atoms. The molecule has 10 heteroatoms. The summed E-state index contributed by atoms with van der Waals surface area (Å²) in [5.74, 6) is 0.432. The molecule has 3 rings (SSSR count). The summed E-state index contributed by atoms with van der Waals surface area (Å²) >= 11 is 0. The summed E-state index contributed by atoms with van der Waals surface area (Å²) in [6.45, 7) is 3.94. The molecule has 2 N–H and O–H groups in total. The van der Waals surface area contributed by atoms with E-state index in [4.69, 9.17) is 4.74 Å². The Labute approximate surface area is 195 Å². The van der Waals surface area contributed by atoms with E-state index >= 15 is 0 Å². The zero-order valence-electron chi connectivity index (χ0n) is 19.6. The highest BCUT2D eigenvalue weighted by atomic mass is 32.2. The lowest BCUT2D eigenvalue weighted by molar-refractivity contribution is 0.401. The molecule has 2 unspecified atom stereocenters. The van der Waals surface area contributed by atoms with Gasteiger partial charge in [-0.25, -0.2) is 23.2 Å². The molecule has 0 amide bonds. The summed E-state index contributed by atoms with van der Waals surface area (Å²) in [5.41, 5.74) is 4.18. The van der Waals surface area contributed by atoms with E-state index in [-0.39, 0.29) is 17.0 Å². The fourth-order valence-electron chi connectivity index (χ4n) is 4.34. The molecule has 0 aromatic heterocycles. The van der Waals surface area contributed by atoms with Crippen molar-refractivity contribution in [3.8, 4) is 5.75 Å². The zero-order valence-corrected chi connectivity index (χ0v) is 20.4. The van der Waals surface area contributed by atoms with Crippen molar-refractivity contribution in [2.45, 2.75) is 76.3 Å². The average molecular weight is 480 g/mol. The van der Waals surface area contributed by atoms with Crippen LogP contribution in [0.4, 0.5) is 4.39 Å². The Morgan fingerprint density at radius 2 is 2.09 bits per heavy atom. The number of methoxy groups -OCH3 is 1. The van der Waals surface area contributed by atoms with Crippen LogP contribution < -0.4 is 15.5 Å². The maximum atomic E-state index is 13.5. The molecule has 1 fully saturated rings. The predicted molar refractivity (Wildman–Crippen MR) is 127 cm³/mol. The smallest absolute Gasteiger partial charge is 0.216 e.